The van der Waals surface area contributed by atoms with Crippen molar-refractivity contribution in [2.75, 3.05) is 0 Å². The number of nitrogens with zero attached hydrogens (tertiary/aromatic N) is 2. The molecule has 0 aliphatic rings. The van der Waals surface area contributed by atoms with E-state index in [2.05, 4.69) is 5.10 Å². The van der Waals surface area contributed by atoms with E-state index < -0.39 is 11.7 Å². The number of hydrogen-bond donors (Lipinski definition) is 0. The Hall–Kier alpha value is -1.82. The molecule has 0 bridgehead atoms. The predicted octanol–water partition coefficient (Wildman–Crippen LogP) is 3.36. The highest BCUT2D eigenvalue weighted by Gasteiger charge is 2.31. The van der Waals surface area contributed by atoms with Crippen LogP contribution in [0.1, 0.15) is 15.9 Å². The van der Waals surface area contributed by atoms with Gasteiger partial charge in [0, 0.05) is 6.20 Å². The average Bonchev–Trinajstić information content (AvgIpc) is 2.76. The Kier molecular flexibility index (Phi) is 3.13. The van der Waals surface area contributed by atoms with E-state index >= 15 is 0 Å². The summed E-state index contributed by atoms with van der Waals surface area (Å²) in [7, 11) is 0. The van der Waals surface area contributed by atoms with Gasteiger partial charge in [0.15, 0.2) is 6.29 Å². The van der Waals surface area contributed by atoms with Gasteiger partial charge in [-0.2, -0.15) is 18.3 Å². The number of aldehydes is 1. The number of carbonyl (C=O) groups excluding carboxylic acids is 1. The van der Waals surface area contributed by atoms with Crippen LogP contribution in [0.2, 0.25) is 5.02 Å². The van der Waals surface area contributed by atoms with E-state index in [1.165, 1.54) is 23.1 Å². The van der Waals surface area contributed by atoms with Gasteiger partial charge in [-0.15, -0.1) is 0 Å². The lowest BCUT2D eigenvalue weighted by Gasteiger charge is -2.09. The summed E-state index contributed by atoms with van der Waals surface area (Å²) in [5.74, 6) is 0. The third-order valence-corrected chi connectivity index (χ3v) is 2.56. The van der Waals surface area contributed by atoms with E-state index in [9.17, 15) is 18.0 Å². The van der Waals surface area contributed by atoms with Crippen LogP contribution in [0.3, 0.4) is 0 Å². The highest BCUT2D eigenvalue weighted by Crippen LogP contribution is 2.32. The fourth-order valence-electron chi connectivity index (χ4n) is 1.40. The van der Waals surface area contributed by atoms with Crippen molar-refractivity contribution in [2.24, 2.45) is 0 Å². The number of alkyl halides is 3. The Morgan fingerprint density at radius 2 is 2.06 bits per heavy atom. The van der Waals surface area contributed by atoms with Gasteiger partial charge in [-0.25, -0.2) is 4.68 Å². The van der Waals surface area contributed by atoms with Crippen LogP contribution in [-0.2, 0) is 6.18 Å². The Labute approximate surface area is 105 Å². The summed E-state index contributed by atoms with van der Waals surface area (Å²) in [5, 5.41) is 3.74. The summed E-state index contributed by atoms with van der Waals surface area (Å²) < 4.78 is 38.5. The second kappa shape index (κ2) is 4.45. The van der Waals surface area contributed by atoms with Crippen LogP contribution >= 0.6 is 11.6 Å². The van der Waals surface area contributed by atoms with Crippen LogP contribution in [0, 0.1) is 0 Å². The first-order valence-corrected chi connectivity index (χ1v) is 5.16. The molecule has 2 rings (SSSR count). The van der Waals surface area contributed by atoms with Crippen LogP contribution in [0.15, 0.2) is 30.6 Å². The quantitative estimate of drug-likeness (QED) is 0.787. The maximum absolute atomic E-state index is 12.4. The molecule has 0 aliphatic carbocycles. The van der Waals surface area contributed by atoms with Crippen molar-refractivity contribution in [1.82, 2.24) is 9.78 Å². The van der Waals surface area contributed by atoms with Crippen LogP contribution < -0.4 is 0 Å². The lowest BCUT2D eigenvalue weighted by Crippen LogP contribution is -2.05. The number of benzene rings is 1. The van der Waals surface area contributed by atoms with Crippen molar-refractivity contribution in [3.05, 3.63) is 46.7 Å². The van der Waals surface area contributed by atoms with E-state index in [4.69, 9.17) is 11.6 Å². The normalized spacial score (nSPS) is 11.6. The first kappa shape index (κ1) is 12.6. The molecule has 3 nitrogen and oxygen atoms in total. The van der Waals surface area contributed by atoms with Crippen LogP contribution in [0.5, 0.6) is 0 Å². The molecule has 1 heterocycles. The third-order valence-electron chi connectivity index (χ3n) is 2.26. The Bertz CT molecular complexity index is 592. The summed E-state index contributed by atoms with van der Waals surface area (Å²) >= 11 is 5.77. The van der Waals surface area contributed by atoms with Crippen LogP contribution in [0.4, 0.5) is 13.2 Å². The summed E-state index contributed by atoms with van der Waals surface area (Å²) in [6, 6.07) is 2.93. The fourth-order valence-corrected chi connectivity index (χ4v) is 1.67. The Balaban J connectivity index is 2.44. The number of aromatic nitrogens is 2. The molecule has 0 amide bonds. The van der Waals surface area contributed by atoms with E-state index in [1.807, 2.05) is 0 Å². The van der Waals surface area contributed by atoms with Crippen molar-refractivity contribution in [1.29, 1.82) is 0 Å². The van der Waals surface area contributed by atoms with E-state index in [0.717, 1.165) is 12.1 Å². The molecule has 0 atom stereocenters. The molecule has 1 aromatic carbocycles. The Morgan fingerprint density at radius 3 is 2.56 bits per heavy atom. The molecule has 0 radical (unpaired) electrons. The minimum Gasteiger partial charge on any atom is -0.298 e. The van der Waals surface area contributed by atoms with E-state index in [-0.39, 0.29) is 10.7 Å². The number of rotatable bonds is 2. The first-order valence-electron chi connectivity index (χ1n) is 4.79. The molecule has 0 unspecified atom stereocenters. The van der Waals surface area contributed by atoms with Gasteiger partial charge in [-0.3, -0.25) is 4.79 Å². The summed E-state index contributed by atoms with van der Waals surface area (Å²) in [4.78, 5) is 10.5. The standard InChI is InChI=1S/C11H6ClF3N2O/c12-9-3-8(11(13,14)15)1-2-10(9)17-5-7(6-18)4-16-17/h1-6H. The summed E-state index contributed by atoms with van der Waals surface area (Å²) in [6.07, 6.45) is -1.19. The molecule has 0 spiro atoms. The van der Waals surface area contributed by atoms with Crippen molar-refractivity contribution < 1.29 is 18.0 Å². The first-order chi connectivity index (χ1) is 8.41. The van der Waals surface area contributed by atoms with Gasteiger partial charge >= 0.3 is 6.18 Å². The minimum absolute atomic E-state index is 0.0922. The summed E-state index contributed by atoms with van der Waals surface area (Å²) in [5.41, 5.74) is -0.247. The minimum atomic E-state index is -4.44. The second-order valence-corrected chi connectivity index (χ2v) is 3.91. The largest absolute Gasteiger partial charge is 0.416 e. The number of carbonyl (C=O) groups is 1. The van der Waals surface area contributed by atoms with Crippen LogP contribution in [-0.4, -0.2) is 16.1 Å². The smallest absolute Gasteiger partial charge is 0.298 e. The molecular formula is C11H6ClF3N2O. The van der Waals surface area contributed by atoms with Gasteiger partial charge in [0.1, 0.15) is 0 Å². The number of halogens is 4. The lowest BCUT2D eigenvalue weighted by molar-refractivity contribution is -0.137. The van der Waals surface area contributed by atoms with Gasteiger partial charge in [0.25, 0.3) is 0 Å². The second-order valence-electron chi connectivity index (χ2n) is 3.50. The van der Waals surface area contributed by atoms with Crippen molar-refractivity contribution >= 4 is 17.9 Å². The van der Waals surface area contributed by atoms with Crippen molar-refractivity contribution in [2.45, 2.75) is 6.18 Å². The molecule has 94 valence electrons. The van der Waals surface area contributed by atoms with E-state index in [0.29, 0.717) is 11.8 Å². The maximum Gasteiger partial charge on any atom is 0.416 e. The van der Waals surface area contributed by atoms with Gasteiger partial charge < -0.3 is 0 Å². The zero-order valence-electron chi connectivity index (χ0n) is 8.78. The monoisotopic (exact) mass is 274 g/mol. The molecule has 0 aliphatic heterocycles. The molecule has 2 aromatic rings. The molecule has 0 fully saturated rings. The average molecular weight is 275 g/mol. The highest BCUT2D eigenvalue weighted by atomic mass is 35.5. The van der Waals surface area contributed by atoms with Crippen molar-refractivity contribution in [3.8, 4) is 5.69 Å². The molecule has 18 heavy (non-hydrogen) atoms. The molecule has 1 aromatic heterocycles. The van der Waals surface area contributed by atoms with Crippen LogP contribution in [0.25, 0.3) is 5.69 Å². The molecular weight excluding hydrogens is 269 g/mol. The molecule has 0 saturated carbocycles. The van der Waals surface area contributed by atoms with Gasteiger partial charge in [-0.1, -0.05) is 11.6 Å². The van der Waals surface area contributed by atoms with Crippen molar-refractivity contribution in [3.63, 3.8) is 0 Å². The predicted molar refractivity (Wildman–Crippen MR) is 59.0 cm³/mol. The van der Waals surface area contributed by atoms with Gasteiger partial charge in [0.2, 0.25) is 0 Å². The molecule has 0 N–H and O–H groups in total. The highest BCUT2D eigenvalue weighted by molar-refractivity contribution is 6.32. The zero-order chi connectivity index (χ0) is 13.3. The topological polar surface area (TPSA) is 34.9 Å². The molecule has 0 saturated heterocycles. The van der Waals surface area contributed by atoms with Gasteiger partial charge in [-0.05, 0) is 18.2 Å². The lowest BCUT2D eigenvalue weighted by atomic mass is 10.2. The summed E-state index contributed by atoms with van der Waals surface area (Å²) in [6.45, 7) is 0. The fraction of sp³-hybridized carbons (Fsp3) is 0.0909. The van der Waals surface area contributed by atoms with Gasteiger partial charge in [0.05, 0.1) is 28.0 Å². The molecule has 7 heteroatoms. The zero-order valence-corrected chi connectivity index (χ0v) is 9.53. The Morgan fingerprint density at radius 1 is 1.33 bits per heavy atom. The maximum atomic E-state index is 12.4. The SMILES string of the molecule is O=Cc1cnn(-c2ccc(C(F)(F)F)cc2Cl)c1. The van der Waals surface area contributed by atoms with E-state index in [1.54, 1.807) is 0 Å². The third kappa shape index (κ3) is 2.38. The number of hydrogen-bond acceptors (Lipinski definition) is 2.